The predicted molar refractivity (Wildman–Crippen MR) is 71.3 cm³/mol. The minimum Gasteiger partial charge on any atom is -0.313 e. The van der Waals surface area contributed by atoms with Crippen molar-refractivity contribution in [3.05, 3.63) is 35.4 Å². The van der Waals surface area contributed by atoms with E-state index < -0.39 is 0 Å². The van der Waals surface area contributed by atoms with Crippen molar-refractivity contribution in [1.29, 1.82) is 0 Å². The monoisotopic (exact) mass is 230 g/mol. The van der Waals surface area contributed by atoms with Gasteiger partial charge in [-0.05, 0) is 50.4 Å². The number of nitrogens with one attached hydrogen (secondary N) is 1. The molecular weight excluding hydrogens is 208 g/mol. The van der Waals surface area contributed by atoms with Crippen LogP contribution in [0.1, 0.15) is 24.0 Å². The first-order valence-electron chi connectivity index (χ1n) is 6.83. The summed E-state index contributed by atoms with van der Waals surface area (Å²) in [6.45, 7) is 2.42. The second kappa shape index (κ2) is 4.79. The van der Waals surface area contributed by atoms with Crippen molar-refractivity contribution in [2.24, 2.45) is 0 Å². The number of rotatable bonds is 3. The van der Waals surface area contributed by atoms with E-state index in [1.807, 2.05) is 0 Å². The average Bonchev–Trinajstić information content (AvgIpc) is 2.96. The molecule has 0 radical (unpaired) electrons. The van der Waals surface area contributed by atoms with Crippen LogP contribution in [0.2, 0.25) is 0 Å². The average molecular weight is 230 g/mol. The summed E-state index contributed by atoms with van der Waals surface area (Å²) in [5.41, 5.74) is 3.12. The van der Waals surface area contributed by atoms with Crippen molar-refractivity contribution < 1.29 is 0 Å². The SMILES string of the molecule is CN(CC1CCCN1)C1Cc2ccccc2C1. The summed E-state index contributed by atoms with van der Waals surface area (Å²) < 4.78 is 0. The van der Waals surface area contributed by atoms with Crippen molar-refractivity contribution in [2.45, 2.75) is 37.8 Å². The van der Waals surface area contributed by atoms with Gasteiger partial charge < -0.3 is 10.2 Å². The summed E-state index contributed by atoms with van der Waals surface area (Å²) in [5.74, 6) is 0. The van der Waals surface area contributed by atoms with Crippen LogP contribution in [-0.4, -0.2) is 37.1 Å². The molecule has 1 atom stereocenters. The van der Waals surface area contributed by atoms with Gasteiger partial charge in [0.15, 0.2) is 0 Å². The molecule has 2 heteroatoms. The van der Waals surface area contributed by atoms with Gasteiger partial charge in [-0.1, -0.05) is 24.3 Å². The van der Waals surface area contributed by atoms with E-state index in [0.29, 0.717) is 0 Å². The van der Waals surface area contributed by atoms with Crippen LogP contribution in [0.4, 0.5) is 0 Å². The van der Waals surface area contributed by atoms with Gasteiger partial charge in [0.05, 0.1) is 0 Å². The van der Waals surface area contributed by atoms with Crippen LogP contribution in [0.15, 0.2) is 24.3 Å². The van der Waals surface area contributed by atoms with Crippen LogP contribution in [0.3, 0.4) is 0 Å². The van der Waals surface area contributed by atoms with E-state index in [1.54, 1.807) is 11.1 Å². The Kier molecular flexibility index (Phi) is 3.17. The van der Waals surface area contributed by atoms with Crippen molar-refractivity contribution >= 4 is 0 Å². The number of benzene rings is 1. The fourth-order valence-electron chi connectivity index (χ4n) is 3.26. The third-order valence-electron chi connectivity index (χ3n) is 4.32. The maximum atomic E-state index is 3.59. The molecule has 0 saturated carbocycles. The summed E-state index contributed by atoms with van der Waals surface area (Å²) in [5, 5.41) is 3.59. The normalized spacial score (nSPS) is 24.5. The van der Waals surface area contributed by atoms with Crippen LogP contribution in [0.25, 0.3) is 0 Å². The molecule has 2 aliphatic rings. The second-order valence-electron chi connectivity index (χ2n) is 5.56. The molecular formula is C15H22N2. The van der Waals surface area contributed by atoms with E-state index in [9.17, 15) is 0 Å². The van der Waals surface area contributed by atoms with Gasteiger partial charge in [0.25, 0.3) is 0 Å². The largest absolute Gasteiger partial charge is 0.313 e. The summed E-state index contributed by atoms with van der Waals surface area (Å²) in [4.78, 5) is 2.56. The first-order chi connectivity index (χ1) is 8.33. The second-order valence-corrected chi connectivity index (χ2v) is 5.56. The Hall–Kier alpha value is -0.860. The third kappa shape index (κ3) is 2.38. The standard InChI is InChI=1S/C15H22N2/c1-17(11-14-7-4-8-16-14)15-9-12-5-2-3-6-13(12)10-15/h2-3,5-6,14-16H,4,7-11H2,1H3. The van der Waals surface area contributed by atoms with E-state index in [2.05, 4.69) is 41.5 Å². The highest BCUT2D eigenvalue weighted by atomic mass is 15.2. The molecule has 0 spiro atoms. The van der Waals surface area contributed by atoms with Gasteiger partial charge in [-0.2, -0.15) is 0 Å². The van der Waals surface area contributed by atoms with Gasteiger partial charge in [-0.3, -0.25) is 0 Å². The predicted octanol–water partition coefficient (Wildman–Crippen LogP) is 1.84. The lowest BCUT2D eigenvalue weighted by molar-refractivity contribution is 0.228. The molecule has 1 aliphatic carbocycles. The number of nitrogens with zero attached hydrogens (tertiary/aromatic N) is 1. The minimum atomic E-state index is 0.717. The highest BCUT2D eigenvalue weighted by Gasteiger charge is 2.26. The Morgan fingerprint density at radius 2 is 1.94 bits per heavy atom. The maximum absolute atomic E-state index is 3.59. The van der Waals surface area contributed by atoms with Crippen LogP contribution < -0.4 is 5.32 Å². The molecule has 1 aromatic rings. The van der Waals surface area contributed by atoms with Gasteiger partial charge >= 0.3 is 0 Å². The highest BCUT2D eigenvalue weighted by Crippen LogP contribution is 2.25. The van der Waals surface area contributed by atoms with Gasteiger partial charge in [0, 0.05) is 18.6 Å². The zero-order valence-electron chi connectivity index (χ0n) is 10.7. The van der Waals surface area contributed by atoms with Crippen LogP contribution >= 0.6 is 0 Å². The molecule has 0 amide bonds. The molecule has 1 aromatic carbocycles. The number of hydrogen-bond donors (Lipinski definition) is 1. The van der Waals surface area contributed by atoms with Crippen LogP contribution in [0.5, 0.6) is 0 Å². The molecule has 3 rings (SSSR count). The molecule has 17 heavy (non-hydrogen) atoms. The van der Waals surface area contributed by atoms with E-state index in [-0.39, 0.29) is 0 Å². The Labute approximate surface area is 104 Å². The van der Waals surface area contributed by atoms with Gasteiger partial charge in [0.1, 0.15) is 0 Å². The lowest BCUT2D eigenvalue weighted by atomic mass is 10.1. The molecule has 0 aromatic heterocycles. The van der Waals surface area contributed by atoms with Crippen molar-refractivity contribution in [1.82, 2.24) is 10.2 Å². The quantitative estimate of drug-likeness (QED) is 0.852. The van der Waals surface area contributed by atoms with E-state index in [0.717, 1.165) is 12.1 Å². The summed E-state index contributed by atoms with van der Waals surface area (Å²) in [7, 11) is 2.29. The zero-order chi connectivity index (χ0) is 11.7. The molecule has 1 aliphatic heterocycles. The molecule has 1 saturated heterocycles. The Morgan fingerprint density at radius 1 is 1.24 bits per heavy atom. The van der Waals surface area contributed by atoms with Crippen molar-refractivity contribution in [3.8, 4) is 0 Å². The first-order valence-corrected chi connectivity index (χ1v) is 6.83. The van der Waals surface area contributed by atoms with Gasteiger partial charge in [-0.15, -0.1) is 0 Å². The van der Waals surface area contributed by atoms with Crippen LogP contribution in [-0.2, 0) is 12.8 Å². The Balaban J connectivity index is 1.60. The minimum absolute atomic E-state index is 0.717. The Bertz CT molecular complexity index is 357. The first kappa shape index (κ1) is 11.2. The third-order valence-corrected chi connectivity index (χ3v) is 4.32. The van der Waals surface area contributed by atoms with E-state index in [1.165, 1.54) is 38.8 Å². The zero-order valence-corrected chi connectivity index (χ0v) is 10.7. The number of fused-ring (bicyclic) bond motifs is 1. The smallest absolute Gasteiger partial charge is 0.0195 e. The lowest BCUT2D eigenvalue weighted by Gasteiger charge is -2.27. The van der Waals surface area contributed by atoms with E-state index >= 15 is 0 Å². The Morgan fingerprint density at radius 3 is 2.53 bits per heavy atom. The van der Waals surface area contributed by atoms with Crippen LogP contribution in [0, 0.1) is 0 Å². The lowest BCUT2D eigenvalue weighted by Crippen LogP contribution is -2.41. The molecule has 2 nitrogen and oxygen atoms in total. The summed E-state index contributed by atoms with van der Waals surface area (Å²) >= 11 is 0. The van der Waals surface area contributed by atoms with E-state index in [4.69, 9.17) is 0 Å². The molecule has 92 valence electrons. The van der Waals surface area contributed by atoms with Gasteiger partial charge in [-0.25, -0.2) is 0 Å². The highest BCUT2D eigenvalue weighted by molar-refractivity contribution is 5.33. The molecule has 1 N–H and O–H groups in total. The molecule has 1 unspecified atom stereocenters. The fourth-order valence-corrected chi connectivity index (χ4v) is 3.26. The van der Waals surface area contributed by atoms with Crippen molar-refractivity contribution in [3.63, 3.8) is 0 Å². The maximum Gasteiger partial charge on any atom is 0.0195 e. The molecule has 1 fully saturated rings. The number of likely N-dealkylation sites (N-methyl/N-ethyl adjacent to an activating group) is 1. The van der Waals surface area contributed by atoms with Gasteiger partial charge in [0.2, 0.25) is 0 Å². The summed E-state index contributed by atoms with van der Waals surface area (Å²) in [6, 6.07) is 10.4. The fraction of sp³-hybridized carbons (Fsp3) is 0.600. The topological polar surface area (TPSA) is 15.3 Å². The van der Waals surface area contributed by atoms with Crippen molar-refractivity contribution in [2.75, 3.05) is 20.1 Å². The summed E-state index contributed by atoms with van der Waals surface area (Å²) in [6.07, 6.45) is 5.17. The molecule has 0 bridgehead atoms. The molecule has 1 heterocycles. The number of hydrogen-bond acceptors (Lipinski definition) is 2.